The Morgan fingerprint density at radius 3 is 2.62 bits per heavy atom. The molecule has 6 heteroatoms. The van der Waals surface area contributed by atoms with Gasteiger partial charge < -0.3 is 5.32 Å². The molecule has 0 atom stereocenters. The maximum Gasteiger partial charge on any atom is 0.217 e. The van der Waals surface area contributed by atoms with Crippen molar-refractivity contribution in [2.24, 2.45) is 0 Å². The van der Waals surface area contributed by atoms with Gasteiger partial charge in [-0.15, -0.1) is 5.23 Å². The summed E-state index contributed by atoms with van der Waals surface area (Å²) in [5, 5.41) is 19.8. The van der Waals surface area contributed by atoms with Gasteiger partial charge in [-0.05, 0) is 12.1 Å². The van der Waals surface area contributed by atoms with Gasteiger partial charge >= 0.3 is 0 Å². The van der Waals surface area contributed by atoms with E-state index in [-0.39, 0.29) is 29.1 Å². The molecule has 0 saturated carbocycles. The minimum Gasteiger partial charge on any atom is -0.349 e. The second-order valence-electron chi connectivity index (χ2n) is 3.17. The number of hydrogen-bond acceptors (Lipinski definition) is 5. The van der Waals surface area contributed by atoms with E-state index in [2.05, 4.69) is 5.32 Å². The number of ketones is 1. The lowest BCUT2D eigenvalue weighted by Crippen LogP contribution is -2.27. The van der Waals surface area contributed by atoms with Crippen LogP contribution in [-0.4, -0.2) is 28.6 Å². The van der Waals surface area contributed by atoms with Crippen LogP contribution >= 0.6 is 0 Å². The Balaban J connectivity index is 2.75. The average molecular weight is 224 g/mol. The highest BCUT2D eigenvalue weighted by Crippen LogP contribution is 2.13. The number of nitrogens with zero attached hydrogens (tertiary/aromatic N) is 1. The molecule has 1 rings (SSSR count). The van der Waals surface area contributed by atoms with Crippen LogP contribution in [-0.2, 0) is 4.79 Å². The Hall–Kier alpha value is -1.92. The number of rotatable bonds is 4. The standard InChI is InChI=1S/C10H12N2O4/c1-7(13)11-6-10(14)8-3-2-4-9(5-8)12(15)16/h2-5,15-16H,6H2,1H3,(H,11,13). The fourth-order valence-electron chi connectivity index (χ4n) is 1.11. The van der Waals surface area contributed by atoms with Crippen LogP contribution in [0.25, 0.3) is 0 Å². The molecule has 0 unspecified atom stereocenters. The summed E-state index contributed by atoms with van der Waals surface area (Å²) >= 11 is 0. The molecule has 0 bridgehead atoms. The second-order valence-corrected chi connectivity index (χ2v) is 3.17. The molecule has 86 valence electrons. The Bertz CT molecular complexity index is 404. The minimum absolute atomic E-state index is 0.0742. The van der Waals surface area contributed by atoms with Crippen LogP contribution < -0.4 is 10.5 Å². The first kappa shape index (κ1) is 12.2. The molecule has 1 aromatic rings. The quantitative estimate of drug-likeness (QED) is 0.514. The van der Waals surface area contributed by atoms with E-state index in [0.29, 0.717) is 5.56 Å². The Labute approximate surface area is 92.0 Å². The van der Waals surface area contributed by atoms with Gasteiger partial charge in [0.05, 0.1) is 12.2 Å². The zero-order valence-corrected chi connectivity index (χ0v) is 8.67. The summed E-state index contributed by atoms with van der Waals surface area (Å²) in [7, 11) is 0. The van der Waals surface area contributed by atoms with Gasteiger partial charge in [-0.1, -0.05) is 12.1 Å². The first-order chi connectivity index (χ1) is 7.50. The number of Topliss-reactive ketones (excluding diaryl/α,β-unsaturated/α-hetero) is 1. The first-order valence-electron chi connectivity index (χ1n) is 4.56. The molecule has 0 saturated heterocycles. The van der Waals surface area contributed by atoms with Crippen molar-refractivity contribution in [3.63, 3.8) is 0 Å². The predicted molar refractivity (Wildman–Crippen MR) is 55.5 cm³/mol. The van der Waals surface area contributed by atoms with E-state index in [1.165, 1.54) is 31.2 Å². The molecule has 0 spiro atoms. The normalized spacial score (nSPS) is 9.69. The Morgan fingerprint density at radius 2 is 2.06 bits per heavy atom. The average Bonchev–Trinajstić information content (AvgIpc) is 2.26. The smallest absolute Gasteiger partial charge is 0.217 e. The molecular weight excluding hydrogens is 212 g/mol. The molecule has 0 aliphatic carbocycles. The third-order valence-corrected chi connectivity index (χ3v) is 1.90. The summed E-state index contributed by atoms with van der Waals surface area (Å²) in [5.74, 6) is -0.602. The lowest BCUT2D eigenvalue weighted by Gasteiger charge is -2.09. The number of carbonyl (C=O) groups excluding carboxylic acids is 2. The Morgan fingerprint density at radius 1 is 1.38 bits per heavy atom. The van der Waals surface area contributed by atoms with E-state index in [1.54, 1.807) is 0 Å². The highest BCUT2D eigenvalue weighted by molar-refractivity contribution is 5.99. The van der Waals surface area contributed by atoms with Gasteiger partial charge in [-0.2, -0.15) is 0 Å². The van der Waals surface area contributed by atoms with Crippen molar-refractivity contribution < 1.29 is 20.0 Å². The number of benzene rings is 1. The van der Waals surface area contributed by atoms with E-state index in [4.69, 9.17) is 10.4 Å². The summed E-state index contributed by atoms with van der Waals surface area (Å²) in [6, 6.07) is 5.77. The molecule has 0 heterocycles. The van der Waals surface area contributed by atoms with E-state index in [0.717, 1.165) is 0 Å². The molecule has 0 aromatic heterocycles. The largest absolute Gasteiger partial charge is 0.349 e. The van der Waals surface area contributed by atoms with Crippen LogP contribution in [0.15, 0.2) is 24.3 Å². The summed E-state index contributed by atoms with van der Waals surface area (Å²) in [6.07, 6.45) is 0. The van der Waals surface area contributed by atoms with Crippen LogP contribution in [0.1, 0.15) is 17.3 Å². The van der Waals surface area contributed by atoms with Crippen molar-refractivity contribution >= 4 is 17.4 Å². The second kappa shape index (κ2) is 5.24. The molecule has 0 radical (unpaired) electrons. The third-order valence-electron chi connectivity index (χ3n) is 1.90. The van der Waals surface area contributed by atoms with Gasteiger partial charge in [-0.25, -0.2) is 0 Å². The fraction of sp³-hybridized carbons (Fsp3) is 0.200. The highest BCUT2D eigenvalue weighted by Gasteiger charge is 2.08. The lowest BCUT2D eigenvalue weighted by molar-refractivity contribution is -0.118. The van der Waals surface area contributed by atoms with Crippen LogP contribution in [0.5, 0.6) is 0 Å². The molecule has 6 nitrogen and oxygen atoms in total. The van der Waals surface area contributed by atoms with Crippen LogP contribution in [0.3, 0.4) is 0 Å². The van der Waals surface area contributed by atoms with Crippen molar-refractivity contribution in [2.45, 2.75) is 6.92 Å². The summed E-state index contributed by atoms with van der Waals surface area (Å²) in [6.45, 7) is 1.20. The van der Waals surface area contributed by atoms with Crippen molar-refractivity contribution in [1.29, 1.82) is 0 Å². The summed E-state index contributed by atoms with van der Waals surface area (Å²) < 4.78 is 0. The molecule has 0 fully saturated rings. The van der Waals surface area contributed by atoms with Gasteiger partial charge in [0, 0.05) is 12.5 Å². The molecule has 0 aliphatic heterocycles. The number of hydrogen-bond donors (Lipinski definition) is 3. The molecule has 16 heavy (non-hydrogen) atoms. The fourth-order valence-corrected chi connectivity index (χ4v) is 1.11. The molecule has 0 aliphatic rings. The van der Waals surface area contributed by atoms with Crippen molar-refractivity contribution in [3.8, 4) is 0 Å². The van der Waals surface area contributed by atoms with Gasteiger partial charge in [0.25, 0.3) is 0 Å². The first-order valence-corrected chi connectivity index (χ1v) is 4.56. The number of anilines is 1. The van der Waals surface area contributed by atoms with Gasteiger partial charge in [0.2, 0.25) is 5.91 Å². The van der Waals surface area contributed by atoms with E-state index in [1.807, 2.05) is 0 Å². The van der Waals surface area contributed by atoms with Crippen LogP contribution in [0, 0.1) is 0 Å². The van der Waals surface area contributed by atoms with Crippen molar-refractivity contribution in [1.82, 2.24) is 5.32 Å². The maximum absolute atomic E-state index is 11.5. The predicted octanol–water partition coefficient (Wildman–Crippen LogP) is 0.590. The zero-order chi connectivity index (χ0) is 12.1. The van der Waals surface area contributed by atoms with E-state index < -0.39 is 0 Å². The monoisotopic (exact) mass is 224 g/mol. The lowest BCUT2D eigenvalue weighted by atomic mass is 10.1. The molecule has 1 aromatic carbocycles. The van der Waals surface area contributed by atoms with Crippen molar-refractivity contribution in [2.75, 3.05) is 11.8 Å². The highest BCUT2D eigenvalue weighted by atomic mass is 16.8. The summed E-state index contributed by atoms with van der Waals surface area (Å²) in [5.41, 5.74) is 0.369. The number of amides is 1. The number of carbonyl (C=O) groups is 2. The molecular formula is C10H12N2O4. The Kier molecular flexibility index (Phi) is 3.98. The van der Waals surface area contributed by atoms with E-state index in [9.17, 15) is 9.59 Å². The zero-order valence-electron chi connectivity index (χ0n) is 8.67. The van der Waals surface area contributed by atoms with Gasteiger partial charge in [0.1, 0.15) is 0 Å². The van der Waals surface area contributed by atoms with Crippen LogP contribution in [0.2, 0.25) is 0 Å². The SMILES string of the molecule is CC(=O)NCC(=O)c1cccc(N(O)O)c1. The molecule has 1 amide bonds. The van der Waals surface area contributed by atoms with Crippen molar-refractivity contribution in [3.05, 3.63) is 29.8 Å². The van der Waals surface area contributed by atoms with Gasteiger partial charge in [-0.3, -0.25) is 20.0 Å². The molecule has 3 N–H and O–H groups in total. The third kappa shape index (κ3) is 3.34. The van der Waals surface area contributed by atoms with E-state index >= 15 is 0 Å². The van der Waals surface area contributed by atoms with Gasteiger partial charge in [0.15, 0.2) is 5.78 Å². The summed E-state index contributed by atoms with van der Waals surface area (Å²) in [4.78, 5) is 22.1. The van der Waals surface area contributed by atoms with Crippen LogP contribution in [0.4, 0.5) is 5.69 Å². The maximum atomic E-state index is 11.5. The topological polar surface area (TPSA) is 89.9 Å². The number of nitrogens with one attached hydrogen (secondary N) is 1. The minimum atomic E-state index is -0.307.